The molecule has 0 amide bonds. The van der Waals surface area contributed by atoms with Crippen LogP contribution < -0.4 is 11.1 Å². The van der Waals surface area contributed by atoms with Crippen molar-refractivity contribution in [3.63, 3.8) is 0 Å². The number of hydrogen-bond acceptors (Lipinski definition) is 3. The minimum atomic E-state index is -4.34. The van der Waals surface area contributed by atoms with Gasteiger partial charge in [-0.25, -0.2) is 0 Å². The zero-order valence-corrected chi connectivity index (χ0v) is 11.9. The summed E-state index contributed by atoms with van der Waals surface area (Å²) in [6, 6.07) is 3.48. The number of nitrogens with two attached hydrogens (primary N) is 1. The number of alkyl halides is 3. The lowest BCUT2D eigenvalue weighted by Crippen LogP contribution is -2.12. The van der Waals surface area contributed by atoms with Crippen molar-refractivity contribution in [3.8, 4) is 0 Å². The van der Waals surface area contributed by atoms with E-state index in [1.165, 1.54) is 12.3 Å². The van der Waals surface area contributed by atoms with E-state index in [1.807, 2.05) is 0 Å². The Morgan fingerprint density at radius 2 is 2.10 bits per heavy atom. The van der Waals surface area contributed by atoms with E-state index in [0.717, 1.165) is 12.1 Å². The molecule has 1 aromatic heterocycles. The summed E-state index contributed by atoms with van der Waals surface area (Å²) in [5.74, 6) is 0. The number of aromatic nitrogens is 2. The molecule has 0 aliphatic rings. The number of nitrogens with zero attached hydrogens (tertiary/aromatic N) is 2. The Morgan fingerprint density at radius 3 is 2.65 bits per heavy atom. The number of rotatable bonds is 4. The standard InChI is InChI=1S/C12H12BrF3N4/c13-10-5-8(12(14,15)16)1-2-11(10)18-3-4-20-7-9(17)6-19-20/h1-2,5-7,18H,3-4,17H2. The molecule has 1 heterocycles. The van der Waals surface area contributed by atoms with Gasteiger partial charge < -0.3 is 11.1 Å². The first-order valence-electron chi connectivity index (χ1n) is 5.75. The number of hydrogen-bond donors (Lipinski definition) is 2. The lowest BCUT2D eigenvalue weighted by Gasteiger charge is -2.12. The van der Waals surface area contributed by atoms with E-state index in [9.17, 15) is 13.2 Å². The van der Waals surface area contributed by atoms with E-state index >= 15 is 0 Å². The zero-order valence-electron chi connectivity index (χ0n) is 10.3. The smallest absolute Gasteiger partial charge is 0.396 e. The summed E-state index contributed by atoms with van der Waals surface area (Å²) in [5, 5.41) is 7.04. The zero-order chi connectivity index (χ0) is 14.8. The van der Waals surface area contributed by atoms with Crippen LogP contribution in [0.2, 0.25) is 0 Å². The van der Waals surface area contributed by atoms with E-state index in [0.29, 0.717) is 28.9 Å². The van der Waals surface area contributed by atoms with Crippen molar-refractivity contribution in [3.05, 3.63) is 40.6 Å². The second kappa shape index (κ2) is 5.74. The summed E-state index contributed by atoms with van der Waals surface area (Å²) in [5.41, 5.74) is 6.01. The van der Waals surface area contributed by atoms with Crippen molar-refractivity contribution in [2.24, 2.45) is 0 Å². The Labute approximate surface area is 121 Å². The van der Waals surface area contributed by atoms with Crippen LogP contribution in [-0.2, 0) is 12.7 Å². The van der Waals surface area contributed by atoms with Crippen LogP contribution in [-0.4, -0.2) is 16.3 Å². The van der Waals surface area contributed by atoms with Crippen molar-refractivity contribution >= 4 is 27.3 Å². The third-order valence-electron chi connectivity index (χ3n) is 2.61. The quantitative estimate of drug-likeness (QED) is 0.890. The predicted molar refractivity (Wildman–Crippen MR) is 74.3 cm³/mol. The van der Waals surface area contributed by atoms with Gasteiger partial charge in [0.1, 0.15) is 0 Å². The average Bonchev–Trinajstić information content (AvgIpc) is 2.76. The van der Waals surface area contributed by atoms with Gasteiger partial charge in [-0.05, 0) is 34.1 Å². The highest BCUT2D eigenvalue weighted by Gasteiger charge is 2.30. The summed E-state index contributed by atoms with van der Waals surface area (Å²) >= 11 is 3.13. The normalized spacial score (nSPS) is 11.6. The Balaban J connectivity index is 1.96. The number of nitrogen functional groups attached to an aromatic ring is 1. The van der Waals surface area contributed by atoms with Crippen molar-refractivity contribution < 1.29 is 13.2 Å². The fraction of sp³-hybridized carbons (Fsp3) is 0.250. The number of anilines is 2. The number of benzene rings is 1. The molecule has 1 aromatic carbocycles. The minimum Gasteiger partial charge on any atom is -0.396 e. The highest BCUT2D eigenvalue weighted by atomic mass is 79.9. The monoisotopic (exact) mass is 348 g/mol. The summed E-state index contributed by atoms with van der Waals surface area (Å²) in [4.78, 5) is 0. The van der Waals surface area contributed by atoms with E-state index in [1.54, 1.807) is 10.9 Å². The highest BCUT2D eigenvalue weighted by molar-refractivity contribution is 9.10. The van der Waals surface area contributed by atoms with Gasteiger partial charge in [0.25, 0.3) is 0 Å². The Kier molecular flexibility index (Phi) is 4.22. The van der Waals surface area contributed by atoms with Gasteiger partial charge >= 0.3 is 6.18 Å². The molecule has 2 rings (SSSR count). The molecule has 2 aromatic rings. The van der Waals surface area contributed by atoms with Crippen molar-refractivity contribution in [2.75, 3.05) is 17.6 Å². The summed E-state index contributed by atoms with van der Waals surface area (Å²) in [7, 11) is 0. The molecule has 0 saturated carbocycles. The first kappa shape index (κ1) is 14.7. The van der Waals surface area contributed by atoms with Gasteiger partial charge in [-0.1, -0.05) is 0 Å². The largest absolute Gasteiger partial charge is 0.416 e. The van der Waals surface area contributed by atoms with Crippen LogP contribution in [0.5, 0.6) is 0 Å². The molecule has 20 heavy (non-hydrogen) atoms. The maximum absolute atomic E-state index is 12.5. The molecular weight excluding hydrogens is 337 g/mol. The molecule has 0 aliphatic carbocycles. The lowest BCUT2D eigenvalue weighted by molar-refractivity contribution is -0.137. The van der Waals surface area contributed by atoms with Crippen LogP contribution in [0.15, 0.2) is 35.1 Å². The van der Waals surface area contributed by atoms with Gasteiger partial charge in [0.15, 0.2) is 0 Å². The molecule has 0 unspecified atom stereocenters. The summed E-state index contributed by atoms with van der Waals surface area (Å²) in [6.07, 6.45) is -1.12. The van der Waals surface area contributed by atoms with E-state index in [2.05, 4.69) is 26.3 Å². The molecule has 0 saturated heterocycles. The van der Waals surface area contributed by atoms with E-state index in [-0.39, 0.29) is 0 Å². The molecular formula is C12H12BrF3N4. The van der Waals surface area contributed by atoms with Crippen LogP contribution in [0.3, 0.4) is 0 Å². The molecule has 108 valence electrons. The Bertz CT molecular complexity index is 595. The molecule has 8 heteroatoms. The van der Waals surface area contributed by atoms with Crippen LogP contribution in [0.25, 0.3) is 0 Å². The molecule has 0 spiro atoms. The maximum Gasteiger partial charge on any atom is 0.416 e. The van der Waals surface area contributed by atoms with Gasteiger partial charge in [0.2, 0.25) is 0 Å². The highest BCUT2D eigenvalue weighted by Crippen LogP contribution is 2.33. The van der Waals surface area contributed by atoms with E-state index in [4.69, 9.17) is 5.73 Å². The Hall–Kier alpha value is -1.70. The van der Waals surface area contributed by atoms with Crippen molar-refractivity contribution in [1.29, 1.82) is 0 Å². The number of nitrogens with one attached hydrogen (secondary N) is 1. The minimum absolute atomic E-state index is 0.368. The lowest BCUT2D eigenvalue weighted by atomic mass is 10.2. The maximum atomic E-state index is 12.5. The van der Waals surface area contributed by atoms with Gasteiger partial charge in [0, 0.05) is 22.9 Å². The van der Waals surface area contributed by atoms with Crippen molar-refractivity contribution in [1.82, 2.24) is 9.78 Å². The second-order valence-corrected chi connectivity index (χ2v) is 5.01. The van der Waals surface area contributed by atoms with Gasteiger partial charge in [-0.15, -0.1) is 0 Å². The molecule has 0 bridgehead atoms. The first-order valence-corrected chi connectivity index (χ1v) is 6.54. The summed E-state index contributed by atoms with van der Waals surface area (Å²) in [6.45, 7) is 1.08. The fourth-order valence-corrected chi connectivity index (χ4v) is 2.16. The topological polar surface area (TPSA) is 55.9 Å². The molecule has 4 nitrogen and oxygen atoms in total. The third-order valence-corrected chi connectivity index (χ3v) is 3.26. The van der Waals surface area contributed by atoms with Crippen molar-refractivity contribution in [2.45, 2.75) is 12.7 Å². The van der Waals surface area contributed by atoms with Gasteiger partial charge in [-0.3, -0.25) is 4.68 Å². The second-order valence-electron chi connectivity index (χ2n) is 4.16. The van der Waals surface area contributed by atoms with Crippen LogP contribution in [0.1, 0.15) is 5.56 Å². The predicted octanol–water partition coefficient (Wildman–Crippen LogP) is 3.36. The Morgan fingerprint density at radius 1 is 1.35 bits per heavy atom. The SMILES string of the molecule is Nc1cnn(CCNc2ccc(C(F)(F)F)cc2Br)c1. The average molecular weight is 349 g/mol. The molecule has 0 radical (unpaired) electrons. The summed E-state index contributed by atoms with van der Waals surface area (Å²) < 4.78 is 39.6. The molecule has 0 aliphatic heterocycles. The van der Waals surface area contributed by atoms with Crippen LogP contribution in [0, 0.1) is 0 Å². The first-order chi connectivity index (χ1) is 9.36. The molecule has 0 fully saturated rings. The van der Waals surface area contributed by atoms with Crippen LogP contribution in [0.4, 0.5) is 24.5 Å². The van der Waals surface area contributed by atoms with Crippen LogP contribution >= 0.6 is 15.9 Å². The van der Waals surface area contributed by atoms with Gasteiger partial charge in [-0.2, -0.15) is 18.3 Å². The molecule has 0 atom stereocenters. The fourth-order valence-electron chi connectivity index (χ4n) is 1.64. The van der Waals surface area contributed by atoms with Gasteiger partial charge in [0.05, 0.1) is 24.0 Å². The van der Waals surface area contributed by atoms with E-state index < -0.39 is 11.7 Å². The number of halogens is 4. The third kappa shape index (κ3) is 3.66. The molecule has 3 N–H and O–H groups in total.